The van der Waals surface area contributed by atoms with E-state index in [1.807, 2.05) is 12.1 Å². The lowest BCUT2D eigenvalue weighted by Gasteiger charge is -2.27. The fourth-order valence-corrected chi connectivity index (χ4v) is 3.15. The molecule has 1 aromatic rings. The molecule has 0 unspecified atom stereocenters. The summed E-state index contributed by atoms with van der Waals surface area (Å²) in [6.45, 7) is 3.62. The van der Waals surface area contributed by atoms with E-state index in [1.165, 1.54) is 0 Å². The van der Waals surface area contributed by atoms with Gasteiger partial charge in [-0.15, -0.1) is 24.0 Å². The Bertz CT molecular complexity index is 587. The van der Waals surface area contributed by atoms with E-state index in [0.29, 0.717) is 6.04 Å². The maximum absolute atomic E-state index is 10.7. The molecule has 2 rings (SSSR count). The first-order valence-electron chi connectivity index (χ1n) is 9.54. The molecule has 1 aliphatic rings. The quantitative estimate of drug-likeness (QED) is 0.130. The Morgan fingerprint density at radius 1 is 1.22 bits per heavy atom. The third kappa shape index (κ3) is 8.87. The summed E-state index contributed by atoms with van der Waals surface area (Å²) in [6, 6.07) is 7.15. The first kappa shape index (κ1) is 23.6. The van der Waals surface area contributed by atoms with Crippen LogP contribution in [-0.4, -0.2) is 41.2 Å². The van der Waals surface area contributed by atoms with Gasteiger partial charge in [-0.3, -0.25) is 15.1 Å². The van der Waals surface area contributed by atoms with E-state index in [2.05, 4.69) is 22.5 Å². The largest absolute Gasteiger partial charge is 0.393 e. The second-order valence-electron chi connectivity index (χ2n) is 6.79. The topological polar surface area (TPSA) is 99.8 Å². The molecule has 0 bridgehead atoms. The Kier molecular flexibility index (Phi) is 11.3. The van der Waals surface area contributed by atoms with Gasteiger partial charge in [0.2, 0.25) is 0 Å². The fraction of sp³-hybridized carbons (Fsp3) is 0.632. The summed E-state index contributed by atoms with van der Waals surface area (Å²) in [5.41, 5.74) is 1.25. The van der Waals surface area contributed by atoms with Gasteiger partial charge in [0.25, 0.3) is 5.69 Å². The number of guanidine groups is 1. The number of nitrogens with one attached hydrogen (secondary N) is 2. The molecule has 0 saturated heterocycles. The molecule has 0 atom stereocenters. The number of hydrogen-bond acceptors (Lipinski definition) is 4. The minimum absolute atomic E-state index is 0. The van der Waals surface area contributed by atoms with Crippen molar-refractivity contribution in [1.29, 1.82) is 0 Å². The highest BCUT2D eigenvalue weighted by Gasteiger charge is 2.19. The van der Waals surface area contributed by atoms with Crippen molar-refractivity contribution in [2.45, 2.75) is 64.0 Å². The number of nitrogens with zero attached hydrogens (tertiary/aromatic N) is 2. The molecule has 0 aromatic heterocycles. The summed E-state index contributed by atoms with van der Waals surface area (Å²) in [4.78, 5) is 14.9. The van der Waals surface area contributed by atoms with Crippen LogP contribution >= 0.6 is 24.0 Å². The Labute approximate surface area is 178 Å². The number of aliphatic imine (C=N–C) groups is 1. The Hall–Kier alpha value is -1.42. The van der Waals surface area contributed by atoms with E-state index in [-0.39, 0.29) is 40.7 Å². The number of aryl methyl sites for hydroxylation is 1. The molecule has 27 heavy (non-hydrogen) atoms. The molecule has 3 N–H and O–H groups in total. The summed E-state index contributed by atoms with van der Waals surface area (Å²) in [6.07, 6.45) is 6.38. The summed E-state index contributed by atoms with van der Waals surface area (Å²) >= 11 is 0. The van der Waals surface area contributed by atoms with Crippen LogP contribution in [0.5, 0.6) is 0 Å². The van der Waals surface area contributed by atoms with E-state index >= 15 is 0 Å². The van der Waals surface area contributed by atoms with Crippen molar-refractivity contribution in [3.8, 4) is 0 Å². The molecule has 0 amide bonds. The number of nitro benzene ring substituents is 1. The van der Waals surface area contributed by atoms with E-state index in [4.69, 9.17) is 0 Å². The molecule has 1 aromatic carbocycles. The minimum Gasteiger partial charge on any atom is -0.393 e. The highest BCUT2D eigenvalue weighted by molar-refractivity contribution is 14.0. The lowest BCUT2D eigenvalue weighted by atomic mass is 9.93. The van der Waals surface area contributed by atoms with Crippen molar-refractivity contribution in [3.05, 3.63) is 39.9 Å². The zero-order valence-electron chi connectivity index (χ0n) is 15.9. The Morgan fingerprint density at radius 3 is 2.48 bits per heavy atom. The number of nitro groups is 1. The van der Waals surface area contributed by atoms with Gasteiger partial charge in [-0.05, 0) is 57.4 Å². The predicted molar refractivity (Wildman–Crippen MR) is 119 cm³/mol. The van der Waals surface area contributed by atoms with Crippen molar-refractivity contribution in [2.75, 3.05) is 13.1 Å². The predicted octanol–water partition coefficient (Wildman–Crippen LogP) is 3.39. The molecular formula is C19H31IN4O3. The van der Waals surface area contributed by atoms with Crippen LogP contribution in [0.25, 0.3) is 0 Å². The van der Waals surface area contributed by atoms with Crippen LogP contribution in [0, 0.1) is 10.1 Å². The zero-order valence-corrected chi connectivity index (χ0v) is 18.2. The van der Waals surface area contributed by atoms with Gasteiger partial charge >= 0.3 is 0 Å². The van der Waals surface area contributed by atoms with E-state index < -0.39 is 0 Å². The normalized spacial score (nSPS) is 19.9. The molecule has 1 fully saturated rings. The van der Waals surface area contributed by atoms with Crippen LogP contribution in [0.15, 0.2) is 29.3 Å². The Balaban J connectivity index is 0.00000364. The number of benzene rings is 1. The molecule has 1 aliphatic carbocycles. The zero-order chi connectivity index (χ0) is 18.8. The van der Waals surface area contributed by atoms with Crippen LogP contribution in [0.4, 0.5) is 5.69 Å². The lowest BCUT2D eigenvalue weighted by Crippen LogP contribution is -2.45. The first-order chi connectivity index (χ1) is 12.6. The van der Waals surface area contributed by atoms with Crippen LogP contribution in [0.3, 0.4) is 0 Å². The van der Waals surface area contributed by atoms with Gasteiger partial charge in [0.1, 0.15) is 0 Å². The van der Waals surface area contributed by atoms with Gasteiger partial charge in [0.05, 0.1) is 11.0 Å². The van der Waals surface area contributed by atoms with Crippen molar-refractivity contribution in [1.82, 2.24) is 10.6 Å². The maximum Gasteiger partial charge on any atom is 0.269 e. The third-order valence-electron chi connectivity index (χ3n) is 4.67. The highest BCUT2D eigenvalue weighted by atomic mass is 127. The second-order valence-corrected chi connectivity index (χ2v) is 6.79. The van der Waals surface area contributed by atoms with Crippen molar-refractivity contribution < 1.29 is 10.0 Å². The fourth-order valence-electron chi connectivity index (χ4n) is 3.15. The Morgan fingerprint density at radius 2 is 1.89 bits per heavy atom. The summed E-state index contributed by atoms with van der Waals surface area (Å²) in [5.74, 6) is 0.851. The average molecular weight is 490 g/mol. The van der Waals surface area contributed by atoms with Gasteiger partial charge in [-0.2, -0.15) is 0 Å². The summed E-state index contributed by atoms with van der Waals surface area (Å²) in [7, 11) is 0. The molecule has 7 nitrogen and oxygen atoms in total. The molecule has 1 saturated carbocycles. The minimum atomic E-state index is -0.374. The number of aliphatic hydroxyl groups excluding tert-OH is 1. The van der Waals surface area contributed by atoms with Gasteiger partial charge < -0.3 is 15.7 Å². The number of rotatable bonds is 8. The number of unbranched alkanes of at least 4 members (excludes halogenated alkanes) is 1. The average Bonchev–Trinajstić information content (AvgIpc) is 2.64. The first-order valence-corrected chi connectivity index (χ1v) is 9.54. The monoisotopic (exact) mass is 490 g/mol. The van der Waals surface area contributed by atoms with Gasteiger partial charge in [0, 0.05) is 31.3 Å². The molecule has 0 spiro atoms. The molecular weight excluding hydrogens is 459 g/mol. The highest BCUT2D eigenvalue weighted by Crippen LogP contribution is 2.18. The number of aliphatic hydroxyl groups is 1. The molecule has 0 radical (unpaired) electrons. The summed E-state index contributed by atoms with van der Waals surface area (Å²) < 4.78 is 0. The van der Waals surface area contributed by atoms with E-state index in [9.17, 15) is 15.2 Å². The molecule has 0 aliphatic heterocycles. The van der Waals surface area contributed by atoms with Crippen molar-refractivity contribution >= 4 is 35.6 Å². The standard InChI is InChI=1S/C19H30N4O3.HI/c1-2-20-19(22-16-8-12-18(24)13-9-16)21-14-4-3-5-15-6-10-17(11-7-15)23(25)26;/h6-7,10-11,16,18,24H,2-5,8-9,12-14H2,1H3,(H2,20,21,22);1H. The smallest absolute Gasteiger partial charge is 0.269 e. The molecule has 152 valence electrons. The van der Waals surface area contributed by atoms with E-state index in [0.717, 1.165) is 69.6 Å². The third-order valence-corrected chi connectivity index (χ3v) is 4.67. The van der Waals surface area contributed by atoms with Gasteiger partial charge in [0.15, 0.2) is 5.96 Å². The second kappa shape index (κ2) is 12.9. The van der Waals surface area contributed by atoms with Gasteiger partial charge in [-0.25, -0.2) is 0 Å². The number of halogens is 1. The van der Waals surface area contributed by atoms with Crippen molar-refractivity contribution in [3.63, 3.8) is 0 Å². The van der Waals surface area contributed by atoms with Gasteiger partial charge in [-0.1, -0.05) is 12.1 Å². The van der Waals surface area contributed by atoms with Crippen LogP contribution in [0.1, 0.15) is 51.0 Å². The van der Waals surface area contributed by atoms with Crippen LogP contribution in [-0.2, 0) is 6.42 Å². The maximum atomic E-state index is 10.7. The SMILES string of the molecule is CCNC(=NCCCCc1ccc([N+](=O)[O-])cc1)NC1CCC(O)CC1.I. The number of non-ortho nitro benzene ring substituents is 1. The van der Waals surface area contributed by atoms with Crippen molar-refractivity contribution in [2.24, 2.45) is 4.99 Å². The summed E-state index contributed by atoms with van der Waals surface area (Å²) in [5, 5.41) is 27.0. The van der Waals surface area contributed by atoms with Crippen LogP contribution < -0.4 is 10.6 Å². The van der Waals surface area contributed by atoms with Crippen LogP contribution in [0.2, 0.25) is 0 Å². The molecule has 8 heteroatoms. The lowest BCUT2D eigenvalue weighted by molar-refractivity contribution is -0.384. The van der Waals surface area contributed by atoms with E-state index in [1.54, 1.807) is 12.1 Å². The molecule has 0 heterocycles. The number of hydrogen-bond donors (Lipinski definition) is 3.